The number of likely N-dealkylation sites (N-methyl/N-ethyl adjacent to an activating group) is 2. The molecule has 0 aliphatic heterocycles. The van der Waals surface area contributed by atoms with Crippen LogP contribution in [0.25, 0.3) is 0 Å². The Morgan fingerprint density at radius 2 is 1.95 bits per heavy atom. The van der Waals surface area contributed by atoms with E-state index < -0.39 is 0 Å². The molecular weight excluding hydrogens is 257 g/mol. The number of amides is 1. The summed E-state index contributed by atoms with van der Waals surface area (Å²) >= 11 is 0. The van der Waals surface area contributed by atoms with Crippen LogP contribution in [-0.4, -0.2) is 44.5 Å². The summed E-state index contributed by atoms with van der Waals surface area (Å²) in [6.45, 7) is 4.93. The number of rotatable bonds is 6. The van der Waals surface area contributed by atoms with Gasteiger partial charge in [0.15, 0.2) is 0 Å². The van der Waals surface area contributed by atoms with Crippen LogP contribution in [0.1, 0.15) is 19.4 Å². The second kappa shape index (κ2) is 7.24. The van der Waals surface area contributed by atoms with Gasteiger partial charge in [-0.25, -0.2) is 4.39 Å². The molecule has 0 aromatic heterocycles. The van der Waals surface area contributed by atoms with Crippen LogP contribution in [0, 0.1) is 5.82 Å². The van der Waals surface area contributed by atoms with Crippen molar-refractivity contribution in [2.75, 3.05) is 32.6 Å². The highest BCUT2D eigenvalue weighted by Gasteiger charge is 2.13. The van der Waals surface area contributed by atoms with Gasteiger partial charge in [-0.05, 0) is 23.8 Å². The lowest BCUT2D eigenvalue weighted by atomic mass is 10.1. The second-order valence-electron chi connectivity index (χ2n) is 5.45. The highest BCUT2D eigenvalue weighted by Crippen LogP contribution is 2.21. The summed E-state index contributed by atoms with van der Waals surface area (Å²) in [5, 5.41) is 3.27. The third-order valence-corrected chi connectivity index (χ3v) is 3.02. The van der Waals surface area contributed by atoms with E-state index in [1.807, 2.05) is 25.8 Å². The van der Waals surface area contributed by atoms with E-state index in [1.54, 1.807) is 25.1 Å². The van der Waals surface area contributed by atoms with Crippen molar-refractivity contribution >= 4 is 11.6 Å². The lowest BCUT2D eigenvalue weighted by Gasteiger charge is -2.24. The zero-order chi connectivity index (χ0) is 15.3. The molecule has 5 heteroatoms. The Bertz CT molecular complexity index is 460. The molecule has 0 aliphatic carbocycles. The van der Waals surface area contributed by atoms with E-state index in [4.69, 9.17) is 0 Å². The number of carbonyl (C=O) groups excluding carboxylic acids is 1. The van der Waals surface area contributed by atoms with Crippen molar-refractivity contribution in [2.24, 2.45) is 0 Å². The van der Waals surface area contributed by atoms with Gasteiger partial charge in [0.05, 0.1) is 6.54 Å². The molecular formula is C15H24FN3O. The van der Waals surface area contributed by atoms with Gasteiger partial charge >= 0.3 is 0 Å². The van der Waals surface area contributed by atoms with Gasteiger partial charge < -0.3 is 15.1 Å². The topological polar surface area (TPSA) is 35.6 Å². The Balaban J connectivity index is 2.89. The number of nitrogens with one attached hydrogen (secondary N) is 1. The van der Waals surface area contributed by atoms with Crippen molar-refractivity contribution in [3.8, 4) is 0 Å². The predicted molar refractivity (Wildman–Crippen MR) is 80.3 cm³/mol. The van der Waals surface area contributed by atoms with Crippen LogP contribution < -0.4 is 10.2 Å². The van der Waals surface area contributed by atoms with Gasteiger partial charge in [0, 0.05) is 39.4 Å². The molecule has 112 valence electrons. The van der Waals surface area contributed by atoms with Crippen LogP contribution in [0.15, 0.2) is 18.2 Å². The Labute approximate surface area is 120 Å². The molecule has 1 N–H and O–H groups in total. The highest BCUT2D eigenvalue weighted by molar-refractivity contribution is 5.81. The molecule has 4 nitrogen and oxygen atoms in total. The molecule has 0 atom stereocenters. The number of hydrogen-bond acceptors (Lipinski definition) is 3. The van der Waals surface area contributed by atoms with Crippen LogP contribution >= 0.6 is 0 Å². The number of halogens is 1. The molecule has 0 fully saturated rings. The Morgan fingerprint density at radius 3 is 2.50 bits per heavy atom. The third kappa shape index (κ3) is 4.81. The second-order valence-corrected chi connectivity index (χ2v) is 5.45. The van der Waals surface area contributed by atoms with E-state index >= 15 is 0 Å². The first-order valence-electron chi connectivity index (χ1n) is 6.74. The minimum absolute atomic E-state index is 0.0135. The van der Waals surface area contributed by atoms with E-state index in [2.05, 4.69) is 5.32 Å². The van der Waals surface area contributed by atoms with Crippen molar-refractivity contribution in [1.29, 1.82) is 0 Å². The fraction of sp³-hybridized carbons (Fsp3) is 0.533. The lowest BCUT2D eigenvalue weighted by molar-refractivity contribution is -0.127. The van der Waals surface area contributed by atoms with E-state index in [0.29, 0.717) is 12.6 Å². The quantitative estimate of drug-likeness (QED) is 0.864. The Hall–Kier alpha value is -1.62. The molecule has 0 saturated carbocycles. The number of carbonyl (C=O) groups is 1. The van der Waals surface area contributed by atoms with Crippen molar-refractivity contribution in [3.05, 3.63) is 29.6 Å². The molecule has 0 aliphatic rings. The Kier molecular flexibility index (Phi) is 5.95. The van der Waals surface area contributed by atoms with Gasteiger partial charge in [-0.1, -0.05) is 13.8 Å². The monoisotopic (exact) mass is 281 g/mol. The average molecular weight is 281 g/mol. The first-order valence-corrected chi connectivity index (χ1v) is 6.74. The van der Waals surface area contributed by atoms with Gasteiger partial charge in [0.25, 0.3) is 0 Å². The SMILES string of the molecule is CC(C)NCc1cc(F)ccc1N(C)CC(=O)N(C)C. The van der Waals surface area contributed by atoms with Crippen LogP contribution in [0.4, 0.5) is 10.1 Å². The maximum Gasteiger partial charge on any atom is 0.241 e. The van der Waals surface area contributed by atoms with E-state index in [9.17, 15) is 9.18 Å². The molecule has 0 bridgehead atoms. The summed E-state index contributed by atoms with van der Waals surface area (Å²) in [5.74, 6) is -0.249. The summed E-state index contributed by atoms with van der Waals surface area (Å²) < 4.78 is 13.4. The van der Waals surface area contributed by atoms with Crippen LogP contribution in [0.5, 0.6) is 0 Å². The largest absolute Gasteiger partial charge is 0.365 e. The number of nitrogens with zero attached hydrogens (tertiary/aromatic N) is 2. The molecule has 1 amide bonds. The van der Waals surface area contributed by atoms with E-state index in [0.717, 1.165) is 11.3 Å². The molecule has 1 rings (SSSR count). The van der Waals surface area contributed by atoms with Crippen LogP contribution in [-0.2, 0) is 11.3 Å². The summed E-state index contributed by atoms with van der Waals surface area (Å²) in [6, 6.07) is 4.97. The minimum atomic E-state index is -0.262. The zero-order valence-electron chi connectivity index (χ0n) is 12.9. The summed E-state index contributed by atoms with van der Waals surface area (Å²) in [7, 11) is 5.29. The predicted octanol–water partition coefficient (Wildman–Crippen LogP) is 1.85. The highest BCUT2D eigenvalue weighted by atomic mass is 19.1. The van der Waals surface area contributed by atoms with E-state index in [-0.39, 0.29) is 18.3 Å². The summed E-state index contributed by atoms with van der Waals surface area (Å²) in [4.78, 5) is 15.2. The fourth-order valence-corrected chi connectivity index (χ4v) is 1.81. The van der Waals surface area contributed by atoms with Gasteiger partial charge in [0.2, 0.25) is 5.91 Å². The molecule has 0 saturated heterocycles. The Morgan fingerprint density at radius 1 is 1.30 bits per heavy atom. The maximum absolute atomic E-state index is 13.4. The van der Waals surface area contributed by atoms with Gasteiger partial charge in [-0.3, -0.25) is 4.79 Å². The summed E-state index contributed by atoms with van der Waals surface area (Å²) in [6.07, 6.45) is 0. The van der Waals surface area contributed by atoms with Crippen molar-refractivity contribution in [1.82, 2.24) is 10.2 Å². The fourth-order valence-electron chi connectivity index (χ4n) is 1.81. The van der Waals surface area contributed by atoms with Crippen molar-refractivity contribution in [3.63, 3.8) is 0 Å². The van der Waals surface area contributed by atoms with Gasteiger partial charge in [-0.2, -0.15) is 0 Å². The standard InChI is InChI=1S/C15H24FN3O/c1-11(2)17-9-12-8-13(16)6-7-14(12)19(5)10-15(20)18(3)4/h6-8,11,17H,9-10H2,1-5H3. The summed E-state index contributed by atoms with van der Waals surface area (Å²) in [5.41, 5.74) is 1.72. The number of anilines is 1. The number of benzene rings is 1. The van der Waals surface area contributed by atoms with E-state index in [1.165, 1.54) is 12.1 Å². The van der Waals surface area contributed by atoms with Crippen LogP contribution in [0.2, 0.25) is 0 Å². The normalized spacial score (nSPS) is 10.8. The maximum atomic E-state index is 13.4. The average Bonchev–Trinajstić information content (AvgIpc) is 2.35. The molecule has 0 spiro atoms. The lowest BCUT2D eigenvalue weighted by Crippen LogP contribution is -2.35. The minimum Gasteiger partial charge on any atom is -0.365 e. The van der Waals surface area contributed by atoms with Gasteiger partial charge in [0.1, 0.15) is 5.82 Å². The smallest absolute Gasteiger partial charge is 0.241 e. The van der Waals surface area contributed by atoms with Crippen molar-refractivity contribution in [2.45, 2.75) is 26.4 Å². The molecule has 20 heavy (non-hydrogen) atoms. The molecule has 1 aromatic carbocycles. The first-order chi connectivity index (χ1) is 9.31. The van der Waals surface area contributed by atoms with Crippen molar-refractivity contribution < 1.29 is 9.18 Å². The molecule has 1 aromatic rings. The van der Waals surface area contributed by atoms with Crippen LogP contribution in [0.3, 0.4) is 0 Å². The number of hydrogen-bond donors (Lipinski definition) is 1. The molecule has 0 unspecified atom stereocenters. The first kappa shape index (κ1) is 16.4. The molecule has 0 heterocycles. The zero-order valence-corrected chi connectivity index (χ0v) is 12.9. The van der Waals surface area contributed by atoms with Gasteiger partial charge in [-0.15, -0.1) is 0 Å². The third-order valence-electron chi connectivity index (χ3n) is 3.02. The molecule has 0 radical (unpaired) electrons.